The number of nitrogens with zero attached hydrogens (tertiary/aromatic N) is 3. The minimum Gasteiger partial charge on any atom is -0.207 e. The van der Waals surface area contributed by atoms with Crippen LogP contribution in [0.15, 0.2) is 128 Å². The minimum absolute atomic E-state index is 0.202. The van der Waals surface area contributed by atoms with Crippen molar-refractivity contribution >= 4 is 0 Å². The van der Waals surface area contributed by atoms with Gasteiger partial charge in [-0.15, -0.1) is 0 Å². The van der Waals surface area contributed by atoms with Crippen LogP contribution in [-0.2, 0) is 21.1 Å². The minimum atomic E-state index is -0.213. The molecule has 228 valence electrons. The SMILES string of the molecule is Cc1ccccc1-c1cc(F)cc[n+]1C.Cc1ccccc1-c1ccc(F)c[n+]1C.Cc1ccccc1-c1cccc(C)[n+]1C. The number of hydrogen-bond donors (Lipinski definition) is 0. The molecule has 0 fully saturated rings. The van der Waals surface area contributed by atoms with Gasteiger partial charge in [-0.25, -0.2) is 13.3 Å². The maximum atomic E-state index is 13.2. The smallest absolute Gasteiger partial charge is 0.207 e. The molecule has 3 heterocycles. The molecule has 0 spiro atoms. The molecule has 0 aliphatic rings. The summed E-state index contributed by atoms with van der Waals surface area (Å²) in [5.41, 5.74) is 11.6. The lowest BCUT2D eigenvalue weighted by atomic mass is 10.0. The van der Waals surface area contributed by atoms with E-state index in [1.807, 2.05) is 68.1 Å². The second-order valence-electron chi connectivity index (χ2n) is 11.2. The molecule has 0 radical (unpaired) electrons. The molecule has 0 saturated heterocycles. The Kier molecular flexibility index (Phi) is 11.0. The number of pyridine rings is 3. The molecule has 3 aromatic heterocycles. The standard InChI is InChI=1S/C14H16N.2C13H13FN/c1-11-7-4-5-9-13(11)14-10-6-8-12(2)15(14)3;1-10-5-3-4-6-12(10)13-9-11(14)7-8-15(13)2;1-10-5-3-4-6-12(10)13-8-7-11(14)9-15(13)2/h4-10H,1-3H3;2*3-9H,1-2H3/q3*+1. The molecule has 0 aliphatic heterocycles. The summed E-state index contributed by atoms with van der Waals surface area (Å²) in [4.78, 5) is 0. The van der Waals surface area contributed by atoms with E-state index in [1.54, 1.807) is 22.9 Å². The lowest BCUT2D eigenvalue weighted by Gasteiger charge is -2.04. The third-order valence-corrected chi connectivity index (χ3v) is 7.95. The molecule has 0 atom stereocenters. The Balaban J connectivity index is 0.000000154. The van der Waals surface area contributed by atoms with Gasteiger partial charge in [0.2, 0.25) is 23.3 Å². The number of aromatic nitrogens is 3. The van der Waals surface area contributed by atoms with Crippen molar-refractivity contribution in [3.05, 3.63) is 162 Å². The van der Waals surface area contributed by atoms with E-state index >= 15 is 0 Å². The van der Waals surface area contributed by atoms with Crippen LogP contribution in [0.1, 0.15) is 22.4 Å². The maximum Gasteiger partial charge on any atom is 0.215 e. The summed E-state index contributed by atoms with van der Waals surface area (Å²) in [5, 5.41) is 0. The second-order valence-corrected chi connectivity index (χ2v) is 11.2. The summed E-state index contributed by atoms with van der Waals surface area (Å²) in [6.45, 7) is 8.36. The Hall–Kier alpha value is -5.03. The van der Waals surface area contributed by atoms with E-state index in [1.165, 1.54) is 46.4 Å². The first-order chi connectivity index (χ1) is 21.6. The third-order valence-electron chi connectivity index (χ3n) is 7.95. The molecule has 5 heteroatoms. The summed E-state index contributed by atoms with van der Waals surface area (Å²) in [6.07, 6.45) is 3.22. The third kappa shape index (κ3) is 8.33. The van der Waals surface area contributed by atoms with Gasteiger partial charge < -0.3 is 0 Å². The summed E-state index contributed by atoms with van der Waals surface area (Å²) in [6, 6.07) is 37.3. The van der Waals surface area contributed by atoms with Crippen molar-refractivity contribution in [1.82, 2.24) is 0 Å². The molecule has 6 aromatic rings. The van der Waals surface area contributed by atoms with Crippen LogP contribution >= 0.6 is 0 Å². The van der Waals surface area contributed by atoms with Crippen LogP contribution in [0.5, 0.6) is 0 Å². The highest BCUT2D eigenvalue weighted by Gasteiger charge is 2.14. The summed E-state index contributed by atoms with van der Waals surface area (Å²) in [5.74, 6) is -0.416. The van der Waals surface area contributed by atoms with E-state index in [2.05, 4.69) is 80.9 Å². The van der Waals surface area contributed by atoms with Gasteiger partial charge in [0.15, 0.2) is 17.7 Å². The van der Waals surface area contributed by atoms with Gasteiger partial charge in [0.25, 0.3) is 0 Å². The van der Waals surface area contributed by atoms with Crippen molar-refractivity contribution in [3.63, 3.8) is 0 Å². The van der Waals surface area contributed by atoms with Gasteiger partial charge in [0.05, 0.1) is 0 Å². The van der Waals surface area contributed by atoms with E-state index in [0.717, 1.165) is 28.1 Å². The van der Waals surface area contributed by atoms with E-state index in [4.69, 9.17) is 0 Å². The Morgan fingerprint density at radius 2 is 0.956 bits per heavy atom. The average Bonchev–Trinajstić information content (AvgIpc) is 3.02. The Morgan fingerprint density at radius 3 is 1.49 bits per heavy atom. The monoisotopic (exact) mass is 602 g/mol. The molecule has 0 saturated carbocycles. The number of benzene rings is 3. The fourth-order valence-corrected chi connectivity index (χ4v) is 5.21. The van der Waals surface area contributed by atoms with Gasteiger partial charge in [0, 0.05) is 53.9 Å². The van der Waals surface area contributed by atoms with Crippen molar-refractivity contribution in [2.45, 2.75) is 27.7 Å². The lowest BCUT2D eigenvalue weighted by molar-refractivity contribution is -0.666. The van der Waals surface area contributed by atoms with Crippen LogP contribution in [0.25, 0.3) is 33.8 Å². The van der Waals surface area contributed by atoms with Gasteiger partial charge in [-0.1, -0.05) is 54.6 Å². The Bertz CT molecular complexity index is 1870. The maximum absolute atomic E-state index is 13.2. The van der Waals surface area contributed by atoms with E-state index in [0.29, 0.717) is 0 Å². The van der Waals surface area contributed by atoms with Crippen LogP contribution in [0.3, 0.4) is 0 Å². The fraction of sp³-hybridized carbons (Fsp3) is 0.175. The summed E-state index contributed by atoms with van der Waals surface area (Å²) >= 11 is 0. The number of hydrogen-bond acceptors (Lipinski definition) is 0. The van der Waals surface area contributed by atoms with Gasteiger partial charge in [-0.2, -0.15) is 9.13 Å². The van der Waals surface area contributed by atoms with Crippen molar-refractivity contribution in [2.24, 2.45) is 21.1 Å². The molecular weight excluding hydrogens is 560 g/mol. The second kappa shape index (κ2) is 15.1. The fourth-order valence-electron chi connectivity index (χ4n) is 5.21. The van der Waals surface area contributed by atoms with Crippen LogP contribution in [0, 0.1) is 39.3 Å². The molecule has 0 aliphatic carbocycles. The number of aryl methyl sites for hydroxylation is 6. The van der Waals surface area contributed by atoms with Crippen LogP contribution in [0.4, 0.5) is 8.78 Å². The summed E-state index contributed by atoms with van der Waals surface area (Å²) in [7, 11) is 5.88. The average molecular weight is 603 g/mol. The van der Waals surface area contributed by atoms with E-state index < -0.39 is 0 Å². The number of halogens is 2. The predicted molar refractivity (Wildman–Crippen MR) is 178 cm³/mol. The first-order valence-electron chi connectivity index (χ1n) is 15.0. The van der Waals surface area contributed by atoms with Crippen LogP contribution in [0.2, 0.25) is 0 Å². The number of rotatable bonds is 3. The zero-order chi connectivity index (χ0) is 32.5. The van der Waals surface area contributed by atoms with Gasteiger partial charge in [-0.3, -0.25) is 0 Å². The lowest BCUT2D eigenvalue weighted by Crippen LogP contribution is -2.34. The molecule has 6 rings (SSSR count). The normalized spacial score (nSPS) is 10.3. The predicted octanol–water partition coefficient (Wildman–Crippen LogP) is 8.05. The molecule has 0 bridgehead atoms. The van der Waals surface area contributed by atoms with Crippen molar-refractivity contribution < 1.29 is 22.5 Å². The van der Waals surface area contributed by atoms with Crippen molar-refractivity contribution in [3.8, 4) is 33.8 Å². The molecule has 0 unspecified atom stereocenters. The van der Waals surface area contributed by atoms with Gasteiger partial charge in [-0.05, 0) is 67.8 Å². The Morgan fingerprint density at radius 1 is 0.444 bits per heavy atom. The van der Waals surface area contributed by atoms with E-state index in [-0.39, 0.29) is 11.6 Å². The molecule has 0 amide bonds. The quantitative estimate of drug-likeness (QED) is 0.182. The first-order valence-corrected chi connectivity index (χ1v) is 15.0. The molecule has 3 aromatic carbocycles. The molecular formula is C40H42F2N3+3. The first kappa shape index (κ1) is 32.9. The zero-order valence-corrected chi connectivity index (χ0v) is 27.2. The van der Waals surface area contributed by atoms with Crippen LogP contribution in [-0.4, -0.2) is 0 Å². The highest BCUT2D eigenvalue weighted by atomic mass is 19.1. The summed E-state index contributed by atoms with van der Waals surface area (Å²) < 4.78 is 32.0. The highest BCUT2D eigenvalue weighted by molar-refractivity contribution is 5.62. The van der Waals surface area contributed by atoms with Gasteiger partial charge in [0.1, 0.15) is 27.0 Å². The van der Waals surface area contributed by atoms with Crippen LogP contribution < -0.4 is 13.7 Å². The topological polar surface area (TPSA) is 11.6 Å². The highest BCUT2D eigenvalue weighted by Crippen LogP contribution is 2.21. The van der Waals surface area contributed by atoms with E-state index in [9.17, 15) is 8.78 Å². The zero-order valence-electron chi connectivity index (χ0n) is 27.2. The van der Waals surface area contributed by atoms with Crippen molar-refractivity contribution in [2.75, 3.05) is 0 Å². The van der Waals surface area contributed by atoms with Gasteiger partial charge >= 0.3 is 0 Å². The largest absolute Gasteiger partial charge is 0.215 e. The molecule has 3 nitrogen and oxygen atoms in total. The Labute approximate surface area is 266 Å². The van der Waals surface area contributed by atoms with Crippen molar-refractivity contribution in [1.29, 1.82) is 0 Å². The molecule has 45 heavy (non-hydrogen) atoms. The molecule has 0 N–H and O–H groups in total.